The lowest BCUT2D eigenvalue weighted by Gasteiger charge is -1.95. The average Bonchev–Trinajstić information content (AvgIpc) is 2.96. The van der Waals surface area contributed by atoms with Crippen LogP contribution in [-0.4, -0.2) is 32.2 Å². The molecule has 0 bridgehead atoms. The van der Waals surface area contributed by atoms with E-state index in [1.54, 1.807) is 6.20 Å². The molecule has 0 fully saturated rings. The van der Waals surface area contributed by atoms with E-state index in [1.165, 1.54) is 0 Å². The van der Waals surface area contributed by atoms with E-state index in [2.05, 4.69) is 30.5 Å². The lowest BCUT2D eigenvalue weighted by atomic mass is 10.4. The third-order valence-corrected chi connectivity index (χ3v) is 2.36. The average molecular weight is 214 g/mol. The first-order chi connectivity index (χ1) is 7.86. The fraction of sp³-hybridized carbons (Fsp3) is 0.100. The molecule has 6 nitrogen and oxygen atoms in total. The van der Waals surface area contributed by atoms with Gasteiger partial charge in [-0.25, -0.2) is 9.97 Å². The number of nitrogens with zero attached hydrogens (tertiary/aromatic N) is 3. The van der Waals surface area contributed by atoms with Gasteiger partial charge in [-0.3, -0.25) is 5.10 Å². The lowest BCUT2D eigenvalue weighted by Crippen LogP contribution is -1.91. The number of hydrogen-bond donors (Lipinski definition) is 3. The Bertz CT molecular complexity index is 609. The summed E-state index contributed by atoms with van der Waals surface area (Å²) in [7, 11) is 1.83. The van der Waals surface area contributed by atoms with Crippen LogP contribution in [0.15, 0.2) is 24.4 Å². The molecule has 3 rings (SSSR count). The number of rotatable bonds is 2. The molecule has 0 aliphatic rings. The second kappa shape index (κ2) is 3.34. The zero-order valence-electron chi connectivity index (χ0n) is 8.65. The minimum Gasteiger partial charge on any atom is -0.373 e. The number of aromatic amines is 2. The van der Waals surface area contributed by atoms with Gasteiger partial charge in [-0.2, -0.15) is 5.10 Å². The Morgan fingerprint density at radius 3 is 2.88 bits per heavy atom. The molecule has 0 aliphatic carbocycles. The van der Waals surface area contributed by atoms with Gasteiger partial charge in [0.15, 0.2) is 11.5 Å². The van der Waals surface area contributed by atoms with E-state index in [-0.39, 0.29) is 0 Å². The number of nitrogens with one attached hydrogen (secondary N) is 3. The van der Waals surface area contributed by atoms with E-state index in [4.69, 9.17) is 0 Å². The predicted molar refractivity (Wildman–Crippen MR) is 61.0 cm³/mol. The Morgan fingerprint density at radius 1 is 1.19 bits per heavy atom. The molecule has 3 aromatic heterocycles. The Morgan fingerprint density at radius 2 is 2.12 bits per heavy atom. The largest absolute Gasteiger partial charge is 0.373 e. The van der Waals surface area contributed by atoms with Gasteiger partial charge in [0.25, 0.3) is 0 Å². The first kappa shape index (κ1) is 8.90. The van der Waals surface area contributed by atoms with Gasteiger partial charge in [0.05, 0.1) is 5.52 Å². The van der Waals surface area contributed by atoms with Gasteiger partial charge in [0, 0.05) is 13.2 Å². The van der Waals surface area contributed by atoms with Crippen molar-refractivity contribution in [2.45, 2.75) is 0 Å². The van der Waals surface area contributed by atoms with Crippen molar-refractivity contribution in [1.82, 2.24) is 25.1 Å². The SMILES string of the molecule is CNc1ccc2[nH]c(-c3ccn[nH]3)nc2n1. The van der Waals surface area contributed by atoms with Gasteiger partial charge in [-0.05, 0) is 18.2 Å². The van der Waals surface area contributed by atoms with Crippen LogP contribution in [0.3, 0.4) is 0 Å². The molecule has 0 unspecified atom stereocenters. The fourth-order valence-electron chi connectivity index (χ4n) is 1.55. The first-order valence-electron chi connectivity index (χ1n) is 4.91. The molecule has 16 heavy (non-hydrogen) atoms. The Hall–Kier alpha value is -2.37. The first-order valence-corrected chi connectivity index (χ1v) is 4.91. The number of H-pyrrole nitrogens is 2. The summed E-state index contributed by atoms with van der Waals surface area (Å²) in [6.07, 6.45) is 1.69. The normalized spacial score (nSPS) is 10.8. The van der Waals surface area contributed by atoms with Crippen LogP contribution in [0.2, 0.25) is 0 Å². The van der Waals surface area contributed by atoms with Crippen LogP contribution in [0.25, 0.3) is 22.7 Å². The molecule has 0 aromatic carbocycles. The number of hydrogen-bond acceptors (Lipinski definition) is 4. The monoisotopic (exact) mass is 214 g/mol. The Labute approximate surface area is 91.1 Å². The summed E-state index contributed by atoms with van der Waals surface area (Å²) in [5.74, 6) is 1.54. The highest BCUT2D eigenvalue weighted by atomic mass is 15.1. The van der Waals surface area contributed by atoms with Crippen molar-refractivity contribution >= 4 is 17.0 Å². The van der Waals surface area contributed by atoms with Crippen molar-refractivity contribution in [3.8, 4) is 11.5 Å². The Balaban J connectivity index is 2.16. The second-order valence-electron chi connectivity index (χ2n) is 3.37. The molecule has 3 heterocycles. The molecule has 80 valence electrons. The van der Waals surface area contributed by atoms with Crippen LogP contribution in [0.1, 0.15) is 0 Å². The molecule has 0 radical (unpaired) electrons. The standard InChI is InChI=1S/C10H10N6/c1-11-8-3-2-6-9(14-8)15-10(13-6)7-4-5-12-16-7/h2-5H,1H3,(H,12,16)(H2,11,13,14,15). The smallest absolute Gasteiger partial charge is 0.180 e. The number of imidazole rings is 1. The third kappa shape index (κ3) is 1.31. The lowest BCUT2D eigenvalue weighted by molar-refractivity contribution is 1.08. The van der Waals surface area contributed by atoms with E-state index >= 15 is 0 Å². The third-order valence-electron chi connectivity index (χ3n) is 2.36. The van der Waals surface area contributed by atoms with Crippen LogP contribution in [0.4, 0.5) is 5.82 Å². The second-order valence-corrected chi connectivity index (χ2v) is 3.37. The van der Waals surface area contributed by atoms with Crippen LogP contribution >= 0.6 is 0 Å². The van der Waals surface area contributed by atoms with Gasteiger partial charge in [-0.1, -0.05) is 0 Å². The summed E-state index contributed by atoms with van der Waals surface area (Å²) in [6, 6.07) is 5.70. The van der Waals surface area contributed by atoms with Crippen molar-refractivity contribution in [3.63, 3.8) is 0 Å². The molecule has 0 saturated heterocycles. The summed E-state index contributed by atoms with van der Waals surface area (Å²) < 4.78 is 0. The molecule has 0 saturated carbocycles. The summed E-state index contributed by atoms with van der Waals surface area (Å²) >= 11 is 0. The fourth-order valence-corrected chi connectivity index (χ4v) is 1.55. The summed E-state index contributed by atoms with van der Waals surface area (Å²) in [4.78, 5) is 11.9. The number of pyridine rings is 1. The molecule has 0 amide bonds. The highest BCUT2D eigenvalue weighted by Crippen LogP contribution is 2.18. The number of anilines is 1. The molecule has 6 heteroatoms. The Kier molecular flexibility index (Phi) is 1.86. The van der Waals surface area contributed by atoms with Crippen molar-refractivity contribution in [1.29, 1.82) is 0 Å². The molecular weight excluding hydrogens is 204 g/mol. The minimum absolute atomic E-state index is 0.691. The predicted octanol–water partition coefficient (Wildman–Crippen LogP) is 1.39. The van der Waals surface area contributed by atoms with E-state index in [0.717, 1.165) is 22.9 Å². The van der Waals surface area contributed by atoms with Crippen LogP contribution < -0.4 is 5.32 Å². The quantitative estimate of drug-likeness (QED) is 0.602. The highest BCUT2D eigenvalue weighted by molar-refractivity contribution is 5.76. The van der Waals surface area contributed by atoms with Crippen LogP contribution in [0.5, 0.6) is 0 Å². The van der Waals surface area contributed by atoms with E-state index in [1.807, 2.05) is 25.2 Å². The maximum Gasteiger partial charge on any atom is 0.180 e. The molecular formula is C10H10N6. The van der Waals surface area contributed by atoms with E-state index in [9.17, 15) is 0 Å². The zero-order chi connectivity index (χ0) is 11.0. The topological polar surface area (TPSA) is 82.3 Å². The van der Waals surface area contributed by atoms with Crippen LogP contribution in [0, 0.1) is 0 Å². The maximum atomic E-state index is 4.39. The molecule has 0 spiro atoms. The van der Waals surface area contributed by atoms with Crippen molar-refractivity contribution in [2.75, 3.05) is 12.4 Å². The summed E-state index contributed by atoms with van der Waals surface area (Å²) in [5.41, 5.74) is 2.45. The summed E-state index contributed by atoms with van der Waals surface area (Å²) in [6.45, 7) is 0. The molecule has 3 N–H and O–H groups in total. The van der Waals surface area contributed by atoms with E-state index < -0.39 is 0 Å². The van der Waals surface area contributed by atoms with Gasteiger partial charge in [0.1, 0.15) is 11.5 Å². The van der Waals surface area contributed by atoms with Gasteiger partial charge >= 0.3 is 0 Å². The maximum absolute atomic E-state index is 4.39. The molecule has 3 aromatic rings. The van der Waals surface area contributed by atoms with Gasteiger partial charge < -0.3 is 10.3 Å². The van der Waals surface area contributed by atoms with Gasteiger partial charge in [-0.15, -0.1) is 0 Å². The summed E-state index contributed by atoms with van der Waals surface area (Å²) in [5, 5.41) is 9.72. The van der Waals surface area contributed by atoms with Gasteiger partial charge in [0.2, 0.25) is 0 Å². The van der Waals surface area contributed by atoms with Crippen LogP contribution in [-0.2, 0) is 0 Å². The molecule has 0 aliphatic heterocycles. The van der Waals surface area contributed by atoms with Crippen molar-refractivity contribution in [3.05, 3.63) is 24.4 Å². The number of fused-ring (bicyclic) bond motifs is 1. The van der Waals surface area contributed by atoms with Crippen molar-refractivity contribution in [2.24, 2.45) is 0 Å². The zero-order valence-corrected chi connectivity index (χ0v) is 8.65. The van der Waals surface area contributed by atoms with E-state index in [0.29, 0.717) is 5.65 Å². The minimum atomic E-state index is 0.691. The highest BCUT2D eigenvalue weighted by Gasteiger charge is 2.07. The molecule has 0 atom stereocenters. The number of aromatic nitrogens is 5. The van der Waals surface area contributed by atoms with Crippen molar-refractivity contribution < 1.29 is 0 Å².